The number of piperidine rings is 1. The number of nitrogens with two attached hydrogens (primary N) is 2. The lowest BCUT2D eigenvalue weighted by atomic mass is 9.73. The van der Waals surface area contributed by atoms with E-state index in [1.54, 1.807) is 61.7 Å². The summed E-state index contributed by atoms with van der Waals surface area (Å²) in [4.78, 5) is 38.8. The molecule has 14 heteroatoms. The number of nitrogens with zero attached hydrogens (tertiary/aromatic N) is 4. The fourth-order valence-corrected chi connectivity index (χ4v) is 7.48. The molecule has 3 aliphatic rings. The van der Waals surface area contributed by atoms with Crippen molar-refractivity contribution in [2.45, 2.75) is 41.8 Å². The Morgan fingerprint density at radius 2 is 1.96 bits per heavy atom. The second kappa shape index (κ2) is 13.2. The third-order valence-electron chi connectivity index (χ3n) is 8.96. The number of aromatic nitrogens is 2. The summed E-state index contributed by atoms with van der Waals surface area (Å²) in [5, 5.41) is 15.0. The standard InChI is InChI=1S/C33H33Cl2N7O4S/c1-18-29(36)33(17-46-18)9-11-42(12-10-33)25-14-38-32(30(37)40-25)47-24-8-4-7-22(27(24)35)39-31(45)26-23(16-43)41(2)15-21(28(26)44)19-5-3-6-20(34)13-19/h3-8,13-15,18,29,44H,9-12,17,36H2,1-2H3,(H2,37,40)(H,39,45)/t18-,29+/m0/s1. The van der Waals surface area contributed by atoms with Crippen molar-refractivity contribution < 1.29 is 19.4 Å². The van der Waals surface area contributed by atoms with Gasteiger partial charge in [0.25, 0.3) is 5.91 Å². The molecule has 4 heterocycles. The van der Waals surface area contributed by atoms with Crippen LogP contribution in [0.5, 0.6) is 0 Å². The summed E-state index contributed by atoms with van der Waals surface area (Å²) in [5.74, 6) is 1.53. The van der Waals surface area contributed by atoms with Gasteiger partial charge in [0.05, 0.1) is 29.6 Å². The molecule has 3 aliphatic heterocycles. The van der Waals surface area contributed by atoms with Gasteiger partial charge in [-0.1, -0.05) is 53.2 Å². The van der Waals surface area contributed by atoms with Gasteiger partial charge >= 0.3 is 0 Å². The summed E-state index contributed by atoms with van der Waals surface area (Å²) < 4.78 is 5.84. The van der Waals surface area contributed by atoms with Gasteiger partial charge in [0, 0.05) is 53.3 Å². The third kappa shape index (κ3) is 6.32. The highest BCUT2D eigenvalue weighted by Crippen LogP contribution is 2.43. The van der Waals surface area contributed by atoms with Gasteiger partial charge in [-0.05, 0) is 49.6 Å². The number of aliphatic hydroxyl groups excluding tert-OH is 1. The summed E-state index contributed by atoms with van der Waals surface area (Å²) in [6.07, 6.45) is 5.08. The molecule has 2 atom stereocenters. The van der Waals surface area contributed by atoms with Crippen molar-refractivity contribution in [1.82, 2.24) is 14.9 Å². The Labute approximate surface area is 286 Å². The van der Waals surface area contributed by atoms with Crippen LogP contribution in [-0.4, -0.2) is 70.7 Å². The zero-order valence-electron chi connectivity index (χ0n) is 25.7. The average molecular weight is 695 g/mol. The zero-order chi connectivity index (χ0) is 33.5. The van der Waals surface area contributed by atoms with Crippen LogP contribution in [0.3, 0.4) is 0 Å². The second-order valence-corrected chi connectivity index (χ2v) is 13.7. The third-order valence-corrected chi connectivity index (χ3v) is 10.8. The van der Waals surface area contributed by atoms with Crippen LogP contribution in [0.2, 0.25) is 10.0 Å². The number of halogens is 2. The van der Waals surface area contributed by atoms with E-state index in [2.05, 4.69) is 20.2 Å². The summed E-state index contributed by atoms with van der Waals surface area (Å²) in [6, 6.07) is 11.9. The molecule has 2 aromatic carbocycles. The molecule has 11 nitrogen and oxygen atoms in total. The summed E-state index contributed by atoms with van der Waals surface area (Å²) in [7, 11) is 1.58. The summed E-state index contributed by atoms with van der Waals surface area (Å²) in [6.45, 7) is 4.26. The number of allylic oxidation sites excluding steroid dienone is 1. The quantitative estimate of drug-likeness (QED) is 0.248. The Balaban J connectivity index is 1.19. The first kappa shape index (κ1) is 32.9. The molecule has 2 saturated heterocycles. The number of aliphatic hydroxyl groups is 1. The van der Waals surface area contributed by atoms with Crippen LogP contribution in [0.25, 0.3) is 5.57 Å². The molecule has 244 valence electrons. The van der Waals surface area contributed by atoms with Crippen molar-refractivity contribution in [3.8, 4) is 0 Å². The summed E-state index contributed by atoms with van der Waals surface area (Å²) >= 11 is 14.1. The minimum Gasteiger partial charge on any atom is -0.506 e. The Morgan fingerprint density at radius 3 is 2.62 bits per heavy atom. The van der Waals surface area contributed by atoms with E-state index in [-0.39, 0.29) is 45.4 Å². The smallest absolute Gasteiger partial charge is 0.262 e. The second-order valence-electron chi connectivity index (χ2n) is 11.8. The van der Waals surface area contributed by atoms with Crippen LogP contribution in [0, 0.1) is 5.41 Å². The lowest BCUT2D eigenvalue weighted by Crippen LogP contribution is -2.50. The van der Waals surface area contributed by atoms with Gasteiger partial charge in [-0.15, -0.1) is 0 Å². The minimum absolute atomic E-state index is 0.00959. The van der Waals surface area contributed by atoms with Gasteiger partial charge < -0.3 is 36.4 Å². The largest absolute Gasteiger partial charge is 0.506 e. The Kier molecular flexibility index (Phi) is 9.26. The number of nitrogens with one attached hydrogen (secondary N) is 1. The van der Waals surface area contributed by atoms with E-state index in [1.165, 1.54) is 22.9 Å². The molecule has 6 N–H and O–H groups in total. The van der Waals surface area contributed by atoms with Gasteiger partial charge in [-0.3, -0.25) is 4.79 Å². The fourth-order valence-electron chi connectivity index (χ4n) is 6.19. The number of carbonyl (C=O) groups is 1. The van der Waals surface area contributed by atoms with Gasteiger partial charge in [0.15, 0.2) is 11.8 Å². The number of hydrogen-bond acceptors (Lipinski definition) is 11. The van der Waals surface area contributed by atoms with Gasteiger partial charge in [-0.2, -0.15) is 0 Å². The maximum Gasteiger partial charge on any atom is 0.262 e. The molecule has 1 amide bonds. The highest BCUT2D eigenvalue weighted by Gasteiger charge is 2.47. The Morgan fingerprint density at radius 1 is 1.21 bits per heavy atom. The van der Waals surface area contributed by atoms with Crippen LogP contribution in [0.15, 0.2) is 81.8 Å². The molecule has 2 fully saturated rings. The Bertz CT molecular complexity index is 1850. The number of hydrogen-bond donors (Lipinski definition) is 4. The maximum absolute atomic E-state index is 13.6. The van der Waals surface area contributed by atoms with Crippen molar-refractivity contribution in [2.24, 2.45) is 11.1 Å². The van der Waals surface area contributed by atoms with Gasteiger partial charge in [0.2, 0.25) is 0 Å². The Hall–Kier alpha value is -4.03. The van der Waals surface area contributed by atoms with Gasteiger partial charge in [-0.25, -0.2) is 14.8 Å². The van der Waals surface area contributed by atoms with E-state index >= 15 is 0 Å². The molecule has 6 rings (SSSR count). The molecule has 47 heavy (non-hydrogen) atoms. The molecule has 1 aromatic heterocycles. The highest BCUT2D eigenvalue weighted by atomic mass is 35.5. The molecule has 1 spiro atoms. The van der Waals surface area contributed by atoms with Crippen LogP contribution >= 0.6 is 35.0 Å². The number of nitrogen functional groups attached to an aromatic ring is 1. The van der Waals surface area contributed by atoms with Crippen molar-refractivity contribution in [3.63, 3.8) is 0 Å². The van der Waals surface area contributed by atoms with Gasteiger partial charge in [0.1, 0.15) is 27.9 Å². The molecule has 0 unspecified atom stereocenters. The number of anilines is 3. The van der Waals surface area contributed by atoms with E-state index in [0.29, 0.717) is 38.5 Å². The number of ether oxygens (including phenoxy) is 1. The number of rotatable bonds is 6. The fraction of sp³-hybridized carbons (Fsp3) is 0.303. The number of benzene rings is 2. The number of amides is 1. The predicted molar refractivity (Wildman–Crippen MR) is 184 cm³/mol. The minimum atomic E-state index is -0.754. The molecule has 3 aromatic rings. The average Bonchev–Trinajstić information content (AvgIpc) is 3.32. The topological polar surface area (TPSA) is 160 Å². The maximum atomic E-state index is 13.6. The zero-order valence-corrected chi connectivity index (χ0v) is 28.0. The first-order valence-corrected chi connectivity index (χ1v) is 16.5. The molecule has 0 radical (unpaired) electrons. The molecular formula is C33H33Cl2N7O4S. The van der Waals surface area contributed by atoms with Crippen molar-refractivity contribution in [2.75, 3.05) is 42.7 Å². The number of carbonyl (C=O) groups excluding carboxylic acids is 2. The van der Waals surface area contributed by atoms with E-state index in [1.807, 2.05) is 6.92 Å². The monoisotopic (exact) mass is 693 g/mol. The molecular weight excluding hydrogens is 661 g/mol. The predicted octanol–water partition coefficient (Wildman–Crippen LogP) is 5.30. The first-order chi connectivity index (χ1) is 22.5. The van der Waals surface area contributed by atoms with Crippen LogP contribution in [-0.2, 0) is 14.3 Å². The number of likely N-dealkylation sites (N-methyl/N-ethyl adjacent to an activating group) is 1. The van der Waals surface area contributed by atoms with Crippen LogP contribution in [0.1, 0.15) is 25.3 Å². The van der Waals surface area contributed by atoms with Crippen LogP contribution in [0.4, 0.5) is 17.3 Å². The highest BCUT2D eigenvalue weighted by molar-refractivity contribution is 7.99. The molecule has 0 bridgehead atoms. The van der Waals surface area contributed by atoms with E-state index in [0.717, 1.165) is 25.9 Å². The molecule has 0 aliphatic carbocycles. The molecule has 0 saturated carbocycles. The lowest BCUT2D eigenvalue weighted by Gasteiger charge is -2.41. The normalized spacial score (nSPS) is 20.8. The summed E-state index contributed by atoms with van der Waals surface area (Å²) in [5.41, 5.74) is 13.5. The first-order valence-electron chi connectivity index (χ1n) is 14.9. The van der Waals surface area contributed by atoms with Crippen molar-refractivity contribution in [1.29, 1.82) is 0 Å². The van der Waals surface area contributed by atoms with Crippen molar-refractivity contribution in [3.05, 3.63) is 87.5 Å². The SMILES string of the molecule is C[C@@H]1OCC2(CCN(c3cnc(Sc4cccc(NC(=O)C5=C(O)C(c6cccc(Cl)c6)=CN(C)C5=C=O)c4Cl)c(N)n3)CC2)[C@@H]1N. The lowest BCUT2D eigenvalue weighted by molar-refractivity contribution is -0.112. The van der Waals surface area contributed by atoms with E-state index in [9.17, 15) is 14.7 Å². The van der Waals surface area contributed by atoms with Crippen molar-refractivity contribution >= 4 is 69.7 Å². The van der Waals surface area contributed by atoms with E-state index in [4.69, 9.17) is 39.4 Å². The van der Waals surface area contributed by atoms with Crippen LogP contribution < -0.4 is 21.7 Å². The van der Waals surface area contributed by atoms with E-state index < -0.39 is 11.7 Å².